The summed E-state index contributed by atoms with van der Waals surface area (Å²) in [6.07, 6.45) is 11.1. The van der Waals surface area contributed by atoms with Crippen LogP contribution in [0.15, 0.2) is 18.6 Å². The third-order valence-electron chi connectivity index (χ3n) is 6.82. The van der Waals surface area contributed by atoms with E-state index in [1.165, 1.54) is 25.7 Å². The number of halogens is 1. The van der Waals surface area contributed by atoms with Crippen LogP contribution in [0.25, 0.3) is 0 Å². The minimum atomic E-state index is -0.0868. The Balaban J connectivity index is 1.30. The fraction of sp³-hybridized carbons (Fsp3) is 0.600. The van der Waals surface area contributed by atoms with Crippen LogP contribution in [0, 0.1) is 16.7 Å². The number of nitrogens with one attached hydrogen (secondary N) is 1. The number of nitriles is 1. The Morgan fingerprint density at radius 2 is 1.97 bits per heavy atom. The van der Waals surface area contributed by atoms with Gasteiger partial charge in [-0.05, 0) is 44.2 Å². The lowest BCUT2D eigenvalue weighted by Gasteiger charge is -2.57. The van der Waals surface area contributed by atoms with Crippen LogP contribution >= 0.6 is 11.6 Å². The minimum absolute atomic E-state index is 0.0868. The van der Waals surface area contributed by atoms with Gasteiger partial charge < -0.3 is 10.2 Å². The summed E-state index contributed by atoms with van der Waals surface area (Å²) in [5.41, 5.74) is 1.37. The number of aromatic nitrogens is 4. The second-order valence-corrected chi connectivity index (χ2v) is 9.20. The normalized spacial score (nSPS) is 22.2. The lowest BCUT2D eigenvalue weighted by atomic mass is 9.81. The first kappa shape index (κ1) is 18.6. The van der Waals surface area contributed by atoms with E-state index in [0.29, 0.717) is 22.8 Å². The molecule has 1 saturated carbocycles. The molecule has 0 radical (unpaired) electrons. The zero-order valence-electron chi connectivity index (χ0n) is 16.6. The molecule has 2 saturated heterocycles. The van der Waals surface area contributed by atoms with Crippen LogP contribution in [0.4, 0.5) is 17.5 Å². The van der Waals surface area contributed by atoms with Gasteiger partial charge in [0, 0.05) is 26.3 Å². The quantitative estimate of drug-likeness (QED) is 0.807. The van der Waals surface area contributed by atoms with Crippen LogP contribution in [0.1, 0.15) is 32.1 Å². The van der Waals surface area contributed by atoms with Gasteiger partial charge in [0.2, 0.25) is 5.95 Å². The van der Waals surface area contributed by atoms with Gasteiger partial charge in [0.25, 0.3) is 0 Å². The summed E-state index contributed by atoms with van der Waals surface area (Å²) >= 11 is 6.42. The number of hydrogen-bond acceptors (Lipinski definition) is 7. The van der Waals surface area contributed by atoms with E-state index in [0.717, 1.165) is 37.7 Å². The Bertz CT molecular complexity index is 944. The highest BCUT2D eigenvalue weighted by Crippen LogP contribution is 2.54. The number of hydrogen-bond donors (Lipinski definition) is 1. The van der Waals surface area contributed by atoms with Crippen LogP contribution in [-0.2, 0) is 7.05 Å². The second kappa shape index (κ2) is 6.85. The van der Waals surface area contributed by atoms with Crippen molar-refractivity contribution in [1.29, 1.82) is 5.26 Å². The van der Waals surface area contributed by atoms with E-state index in [-0.39, 0.29) is 5.54 Å². The molecule has 8 nitrogen and oxygen atoms in total. The van der Waals surface area contributed by atoms with Gasteiger partial charge in [-0.2, -0.15) is 15.3 Å². The molecular formula is C20H25ClN8. The van der Waals surface area contributed by atoms with Gasteiger partial charge in [0.15, 0.2) is 5.82 Å². The molecular weight excluding hydrogens is 388 g/mol. The van der Waals surface area contributed by atoms with Crippen molar-refractivity contribution in [3.63, 3.8) is 0 Å². The first-order valence-corrected chi connectivity index (χ1v) is 10.5. The number of anilines is 3. The summed E-state index contributed by atoms with van der Waals surface area (Å²) < 4.78 is 1.72. The molecule has 9 heteroatoms. The van der Waals surface area contributed by atoms with Gasteiger partial charge >= 0.3 is 0 Å². The smallest absolute Gasteiger partial charge is 0.229 e. The molecule has 0 amide bonds. The Hall–Kier alpha value is -2.37. The molecule has 1 N–H and O–H groups in total. The van der Waals surface area contributed by atoms with Crippen LogP contribution in [0.5, 0.6) is 0 Å². The summed E-state index contributed by atoms with van der Waals surface area (Å²) in [5.74, 6) is 1.21. The molecule has 0 aromatic carbocycles. The molecule has 2 aromatic rings. The van der Waals surface area contributed by atoms with Gasteiger partial charge in [0.05, 0.1) is 36.1 Å². The highest BCUT2D eigenvalue weighted by atomic mass is 35.5. The Kier molecular flexibility index (Phi) is 4.41. The molecule has 152 valence electrons. The minimum Gasteiger partial charge on any atom is -0.351 e. The van der Waals surface area contributed by atoms with Gasteiger partial charge in [-0.15, -0.1) is 0 Å². The molecule has 2 aromatic heterocycles. The van der Waals surface area contributed by atoms with Crippen molar-refractivity contribution in [3.8, 4) is 6.07 Å². The molecule has 0 bridgehead atoms. The van der Waals surface area contributed by atoms with E-state index in [1.807, 2.05) is 13.2 Å². The summed E-state index contributed by atoms with van der Waals surface area (Å²) in [7, 11) is 1.86. The number of rotatable bonds is 5. The van der Waals surface area contributed by atoms with Gasteiger partial charge in [0.1, 0.15) is 5.02 Å². The standard InChI is InChI=1S/C20H25ClN8/c1-27-12-15(10-24-27)25-18-23-11-16(21)17(26-18)28-13-20(14-28,4-7-22)29-8-5-19(2-3-19)6-9-29/h10-12H,2-6,8-9,13-14H2,1H3,(H,23,25,26). The maximum absolute atomic E-state index is 9.47. The van der Waals surface area contributed by atoms with E-state index < -0.39 is 0 Å². The SMILES string of the molecule is Cn1cc(Nc2ncc(Cl)c(N3CC(CC#N)(N4CCC5(CC4)CC5)C3)n2)cn1. The second-order valence-electron chi connectivity index (χ2n) is 8.80. The largest absolute Gasteiger partial charge is 0.351 e. The summed E-state index contributed by atoms with van der Waals surface area (Å²) in [6, 6.07) is 2.42. The van der Waals surface area contributed by atoms with Gasteiger partial charge in [-0.25, -0.2) is 4.98 Å². The molecule has 3 fully saturated rings. The molecule has 5 rings (SSSR count). The van der Waals surface area contributed by atoms with Crippen LogP contribution < -0.4 is 10.2 Å². The molecule has 29 heavy (non-hydrogen) atoms. The third-order valence-corrected chi connectivity index (χ3v) is 7.08. The number of nitrogens with zero attached hydrogens (tertiary/aromatic N) is 7. The lowest BCUT2D eigenvalue weighted by Crippen LogP contribution is -2.71. The van der Waals surface area contributed by atoms with Crippen LogP contribution in [0.3, 0.4) is 0 Å². The van der Waals surface area contributed by atoms with Crippen LogP contribution in [-0.4, -0.2) is 56.4 Å². The first-order valence-electron chi connectivity index (χ1n) is 10.2. The van der Waals surface area contributed by atoms with E-state index in [4.69, 9.17) is 11.6 Å². The van der Waals surface area contributed by atoms with Crippen molar-refractivity contribution in [3.05, 3.63) is 23.6 Å². The van der Waals surface area contributed by atoms with Crippen molar-refractivity contribution in [2.45, 2.75) is 37.6 Å². The van der Waals surface area contributed by atoms with Crippen molar-refractivity contribution in [2.24, 2.45) is 12.5 Å². The van der Waals surface area contributed by atoms with Crippen LogP contribution in [0.2, 0.25) is 5.02 Å². The predicted molar refractivity (Wildman–Crippen MR) is 111 cm³/mol. The van der Waals surface area contributed by atoms with E-state index in [1.54, 1.807) is 17.1 Å². The fourth-order valence-corrected chi connectivity index (χ4v) is 4.98. The average molecular weight is 413 g/mol. The number of aryl methyl sites for hydroxylation is 1. The fourth-order valence-electron chi connectivity index (χ4n) is 4.77. The molecule has 4 heterocycles. The Morgan fingerprint density at radius 1 is 1.21 bits per heavy atom. The number of likely N-dealkylation sites (tertiary alicyclic amines) is 1. The molecule has 3 aliphatic rings. The van der Waals surface area contributed by atoms with Crippen molar-refractivity contribution in [1.82, 2.24) is 24.6 Å². The van der Waals surface area contributed by atoms with Crippen molar-refractivity contribution in [2.75, 3.05) is 36.4 Å². The summed E-state index contributed by atoms with van der Waals surface area (Å²) in [6.45, 7) is 3.74. The van der Waals surface area contributed by atoms with Gasteiger partial charge in [-0.3, -0.25) is 9.58 Å². The maximum Gasteiger partial charge on any atom is 0.229 e. The molecule has 1 aliphatic carbocycles. The molecule has 2 aliphatic heterocycles. The van der Waals surface area contributed by atoms with E-state index in [9.17, 15) is 5.26 Å². The highest BCUT2D eigenvalue weighted by Gasteiger charge is 2.53. The maximum atomic E-state index is 9.47. The Labute approximate surface area is 175 Å². The lowest BCUT2D eigenvalue weighted by molar-refractivity contribution is 0.0251. The molecule has 0 unspecified atom stereocenters. The number of piperidine rings is 1. The summed E-state index contributed by atoms with van der Waals surface area (Å²) in [4.78, 5) is 13.6. The Morgan fingerprint density at radius 3 is 2.59 bits per heavy atom. The molecule has 0 atom stereocenters. The van der Waals surface area contributed by atoms with Crippen molar-refractivity contribution < 1.29 is 0 Å². The van der Waals surface area contributed by atoms with Crippen molar-refractivity contribution >= 4 is 29.1 Å². The predicted octanol–water partition coefficient (Wildman–Crippen LogP) is 2.96. The third kappa shape index (κ3) is 3.43. The van der Waals surface area contributed by atoms with E-state index in [2.05, 4.69) is 36.3 Å². The van der Waals surface area contributed by atoms with E-state index >= 15 is 0 Å². The molecule has 1 spiro atoms. The highest BCUT2D eigenvalue weighted by molar-refractivity contribution is 6.32. The zero-order valence-corrected chi connectivity index (χ0v) is 17.4. The first-order chi connectivity index (χ1) is 14.0. The summed E-state index contributed by atoms with van der Waals surface area (Å²) in [5, 5.41) is 17.3. The average Bonchev–Trinajstić information content (AvgIpc) is 3.31. The zero-order chi connectivity index (χ0) is 20.1. The topological polar surface area (TPSA) is 85.9 Å². The monoisotopic (exact) mass is 412 g/mol. The van der Waals surface area contributed by atoms with Gasteiger partial charge in [-0.1, -0.05) is 11.6 Å².